The fourth-order valence-corrected chi connectivity index (χ4v) is 2.60. The number of alkyl halides is 1. The summed E-state index contributed by atoms with van der Waals surface area (Å²) in [4.78, 5) is 8.76. The monoisotopic (exact) mass is 303 g/mol. The van der Waals surface area contributed by atoms with Crippen LogP contribution in [0.2, 0.25) is 0 Å². The molecular weight excluding hydrogens is 289 g/mol. The summed E-state index contributed by atoms with van der Waals surface area (Å²) >= 11 is 6.21. The summed E-state index contributed by atoms with van der Waals surface area (Å²) in [5.74, 6) is 0.323. The third-order valence-electron chi connectivity index (χ3n) is 3.54. The summed E-state index contributed by atoms with van der Waals surface area (Å²) in [7, 11) is 0. The molecule has 1 atom stereocenters. The Kier molecular flexibility index (Phi) is 3.64. The predicted octanol–water partition coefficient (Wildman–Crippen LogP) is 4.23. The first-order valence-electron chi connectivity index (χ1n) is 6.77. The molecule has 3 nitrogen and oxygen atoms in total. The second-order valence-corrected chi connectivity index (χ2v) is 5.70. The number of para-hydroxylation sites is 1. The van der Waals surface area contributed by atoms with Crippen LogP contribution >= 0.6 is 11.6 Å². The highest BCUT2D eigenvalue weighted by molar-refractivity contribution is 6.20. The highest BCUT2D eigenvalue weighted by atomic mass is 35.5. The van der Waals surface area contributed by atoms with Gasteiger partial charge in [0.1, 0.15) is 11.3 Å². The molecule has 2 aromatic heterocycles. The van der Waals surface area contributed by atoms with Crippen LogP contribution in [0.1, 0.15) is 29.4 Å². The molecule has 0 fully saturated rings. The highest BCUT2D eigenvalue weighted by Gasteiger charge is 2.18. The number of nitrogens with zero attached hydrogens (tertiary/aromatic N) is 3. The smallest absolute Gasteiger partial charge is 0.151 e. The molecular formula is C16H15ClFN3. The quantitative estimate of drug-likeness (QED) is 0.678. The van der Waals surface area contributed by atoms with E-state index < -0.39 is 0 Å². The van der Waals surface area contributed by atoms with Crippen molar-refractivity contribution in [3.8, 4) is 0 Å². The van der Waals surface area contributed by atoms with Crippen LogP contribution in [0.5, 0.6) is 0 Å². The number of imidazole rings is 1. The first-order chi connectivity index (χ1) is 10.1. The van der Waals surface area contributed by atoms with Crippen LogP contribution in [0.3, 0.4) is 0 Å². The lowest BCUT2D eigenvalue weighted by Crippen LogP contribution is -2.08. The molecule has 0 spiro atoms. The van der Waals surface area contributed by atoms with Gasteiger partial charge in [-0.3, -0.25) is 4.98 Å². The molecule has 2 heterocycles. The van der Waals surface area contributed by atoms with Gasteiger partial charge in [-0.25, -0.2) is 9.37 Å². The molecule has 108 valence electrons. The average molecular weight is 304 g/mol. The van der Waals surface area contributed by atoms with Gasteiger partial charge >= 0.3 is 0 Å². The van der Waals surface area contributed by atoms with E-state index in [4.69, 9.17) is 11.6 Å². The van der Waals surface area contributed by atoms with Gasteiger partial charge in [-0.05, 0) is 37.6 Å². The largest absolute Gasteiger partial charge is 0.321 e. The Labute approximate surface area is 127 Å². The Morgan fingerprint density at radius 1 is 1.29 bits per heavy atom. The molecule has 0 aliphatic heterocycles. The molecule has 1 unspecified atom stereocenters. The van der Waals surface area contributed by atoms with E-state index in [0.717, 1.165) is 16.8 Å². The van der Waals surface area contributed by atoms with Crippen molar-refractivity contribution in [3.63, 3.8) is 0 Å². The van der Waals surface area contributed by atoms with Gasteiger partial charge in [-0.15, -0.1) is 11.6 Å². The molecule has 3 aromatic rings. The Morgan fingerprint density at radius 2 is 2.10 bits per heavy atom. The second kappa shape index (κ2) is 5.45. The van der Waals surface area contributed by atoms with Gasteiger partial charge in [0.25, 0.3) is 0 Å². The Balaban J connectivity index is 2.19. The zero-order chi connectivity index (χ0) is 15.0. The number of hydrogen-bond donors (Lipinski definition) is 0. The lowest BCUT2D eigenvalue weighted by molar-refractivity contribution is 0.637. The second-order valence-electron chi connectivity index (χ2n) is 5.05. The normalized spacial score (nSPS) is 12.8. The maximum absolute atomic E-state index is 13.9. The number of hydrogen-bond acceptors (Lipinski definition) is 2. The van der Waals surface area contributed by atoms with Gasteiger partial charge in [-0.2, -0.15) is 0 Å². The predicted molar refractivity (Wildman–Crippen MR) is 82.0 cm³/mol. The molecule has 21 heavy (non-hydrogen) atoms. The van der Waals surface area contributed by atoms with Crippen LogP contribution in [-0.2, 0) is 6.54 Å². The van der Waals surface area contributed by atoms with Crippen molar-refractivity contribution in [2.75, 3.05) is 0 Å². The van der Waals surface area contributed by atoms with Gasteiger partial charge in [0.2, 0.25) is 0 Å². The summed E-state index contributed by atoms with van der Waals surface area (Å²) in [6.45, 7) is 4.37. The number of aryl methyl sites for hydroxylation is 1. The number of benzene rings is 1. The fraction of sp³-hybridized carbons (Fsp3) is 0.250. The molecule has 0 aliphatic carbocycles. The van der Waals surface area contributed by atoms with Crippen molar-refractivity contribution in [2.45, 2.75) is 25.8 Å². The first kappa shape index (κ1) is 14.0. The van der Waals surface area contributed by atoms with Crippen LogP contribution in [-0.4, -0.2) is 14.5 Å². The third kappa shape index (κ3) is 2.51. The Hall–Kier alpha value is -1.94. The van der Waals surface area contributed by atoms with Gasteiger partial charge in [0.05, 0.1) is 23.1 Å². The number of halogens is 2. The van der Waals surface area contributed by atoms with Gasteiger partial charge < -0.3 is 4.57 Å². The zero-order valence-corrected chi connectivity index (χ0v) is 12.6. The summed E-state index contributed by atoms with van der Waals surface area (Å²) in [6.07, 6.45) is 1.76. The SMILES string of the molecule is Cc1cccnc1Cn1c(C(C)Cl)nc2c(F)cccc21. The number of pyridine rings is 1. The van der Waals surface area contributed by atoms with Crippen molar-refractivity contribution in [1.82, 2.24) is 14.5 Å². The van der Waals surface area contributed by atoms with E-state index in [-0.39, 0.29) is 11.2 Å². The van der Waals surface area contributed by atoms with Crippen molar-refractivity contribution < 1.29 is 4.39 Å². The number of aromatic nitrogens is 3. The summed E-state index contributed by atoms with van der Waals surface area (Å²) in [5, 5.41) is -0.305. The van der Waals surface area contributed by atoms with Crippen molar-refractivity contribution in [3.05, 3.63) is 59.4 Å². The molecule has 0 saturated heterocycles. The van der Waals surface area contributed by atoms with Crippen LogP contribution < -0.4 is 0 Å². The van der Waals surface area contributed by atoms with E-state index in [0.29, 0.717) is 17.9 Å². The van der Waals surface area contributed by atoms with E-state index in [1.54, 1.807) is 12.3 Å². The van der Waals surface area contributed by atoms with Crippen LogP contribution in [0.25, 0.3) is 11.0 Å². The van der Waals surface area contributed by atoms with Crippen molar-refractivity contribution in [2.24, 2.45) is 0 Å². The van der Waals surface area contributed by atoms with Crippen LogP contribution in [0.15, 0.2) is 36.5 Å². The van der Waals surface area contributed by atoms with Crippen LogP contribution in [0, 0.1) is 12.7 Å². The molecule has 0 bridgehead atoms. The summed E-state index contributed by atoms with van der Waals surface area (Å²) < 4.78 is 15.9. The molecule has 3 rings (SSSR count). The summed E-state index contributed by atoms with van der Waals surface area (Å²) in [5.41, 5.74) is 3.11. The molecule has 0 saturated carbocycles. The molecule has 0 aliphatic rings. The third-order valence-corrected chi connectivity index (χ3v) is 3.74. The standard InChI is InChI=1S/C16H15ClFN3/c1-10-5-4-8-19-13(10)9-21-14-7-3-6-12(18)15(14)20-16(21)11(2)17/h3-8,11H,9H2,1-2H3. The van der Waals surface area contributed by atoms with Gasteiger partial charge in [0, 0.05) is 6.20 Å². The van der Waals surface area contributed by atoms with Crippen LogP contribution in [0.4, 0.5) is 4.39 Å². The molecule has 5 heteroatoms. The molecule has 0 N–H and O–H groups in total. The number of rotatable bonds is 3. The highest BCUT2D eigenvalue weighted by Crippen LogP contribution is 2.27. The van der Waals surface area contributed by atoms with E-state index in [9.17, 15) is 4.39 Å². The summed E-state index contributed by atoms with van der Waals surface area (Å²) in [6, 6.07) is 8.85. The average Bonchev–Trinajstić information content (AvgIpc) is 2.82. The molecule has 0 radical (unpaired) electrons. The van der Waals surface area contributed by atoms with Crippen molar-refractivity contribution >= 4 is 22.6 Å². The Morgan fingerprint density at radius 3 is 2.81 bits per heavy atom. The van der Waals surface area contributed by atoms with E-state index >= 15 is 0 Å². The minimum atomic E-state index is -0.331. The van der Waals surface area contributed by atoms with Crippen molar-refractivity contribution in [1.29, 1.82) is 0 Å². The lowest BCUT2D eigenvalue weighted by atomic mass is 10.2. The lowest BCUT2D eigenvalue weighted by Gasteiger charge is -2.11. The fourth-order valence-electron chi connectivity index (χ4n) is 2.43. The van der Waals surface area contributed by atoms with E-state index in [2.05, 4.69) is 9.97 Å². The zero-order valence-electron chi connectivity index (χ0n) is 11.8. The molecule has 1 aromatic carbocycles. The Bertz CT molecular complexity index is 795. The van der Waals surface area contributed by atoms with E-state index in [1.165, 1.54) is 6.07 Å². The topological polar surface area (TPSA) is 30.7 Å². The number of fused-ring (bicyclic) bond motifs is 1. The van der Waals surface area contributed by atoms with E-state index in [1.807, 2.05) is 36.6 Å². The first-order valence-corrected chi connectivity index (χ1v) is 7.21. The minimum absolute atomic E-state index is 0.305. The maximum Gasteiger partial charge on any atom is 0.151 e. The van der Waals surface area contributed by atoms with Gasteiger partial charge in [0.15, 0.2) is 5.82 Å². The molecule has 0 amide bonds. The van der Waals surface area contributed by atoms with Gasteiger partial charge in [-0.1, -0.05) is 12.1 Å². The minimum Gasteiger partial charge on any atom is -0.321 e. The maximum atomic E-state index is 13.9.